The summed E-state index contributed by atoms with van der Waals surface area (Å²) in [5.41, 5.74) is 4.04. The van der Waals surface area contributed by atoms with Crippen molar-refractivity contribution in [2.24, 2.45) is 7.05 Å². The second-order valence-electron chi connectivity index (χ2n) is 8.07. The highest BCUT2D eigenvalue weighted by Crippen LogP contribution is 2.33. The first-order valence-corrected chi connectivity index (χ1v) is 11.0. The smallest absolute Gasteiger partial charge is 0.277 e. The second-order valence-corrected chi connectivity index (χ2v) is 8.07. The van der Waals surface area contributed by atoms with E-state index in [9.17, 15) is 9.18 Å². The van der Waals surface area contributed by atoms with E-state index < -0.39 is 6.17 Å². The topological polar surface area (TPSA) is 109 Å². The van der Waals surface area contributed by atoms with Crippen LogP contribution in [0.3, 0.4) is 0 Å². The maximum Gasteiger partial charge on any atom is 0.277 e. The Labute approximate surface area is 200 Å². The number of aryl methyl sites for hydroxylation is 2. The van der Waals surface area contributed by atoms with Crippen LogP contribution in [0.4, 0.5) is 15.8 Å². The largest absolute Gasteiger partial charge is 0.444 e. The number of oxazole rings is 1. The van der Waals surface area contributed by atoms with E-state index in [-0.39, 0.29) is 11.6 Å². The number of carbonyl (C=O) groups is 1. The quantitative estimate of drug-likeness (QED) is 0.443. The van der Waals surface area contributed by atoms with Gasteiger partial charge >= 0.3 is 0 Å². The Balaban J connectivity index is 0.00000133. The number of fused-ring (bicyclic) bond motifs is 1. The number of nitrogens with one attached hydrogen (secondary N) is 1. The van der Waals surface area contributed by atoms with Crippen molar-refractivity contribution in [1.29, 1.82) is 0 Å². The summed E-state index contributed by atoms with van der Waals surface area (Å²) in [5.74, 6) is -0.0238. The predicted molar refractivity (Wildman–Crippen MR) is 128 cm³/mol. The van der Waals surface area contributed by atoms with E-state index in [0.717, 1.165) is 27.8 Å². The highest BCUT2D eigenvalue weighted by atomic mass is 35.5. The Morgan fingerprint density at radius 3 is 2.76 bits per heavy atom. The summed E-state index contributed by atoms with van der Waals surface area (Å²) in [6.45, 7) is 3.04. The number of piperidine rings is 1. The average Bonchev–Trinajstić information content (AvgIpc) is 3.47. The van der Waals surface area contributed by atoms with E-state index in [4.69, 9.17) is 9.08 Å². The van der Waals surface area contributed by atoms with Crippen LogP contribution in [0.1, 0.15) is 29.0 Å². The summed E-state index contributed by atoms with van der Waals surface area (Å²) in [6, 6.07) is 7.46. The number of halogens is 2. The first-order valence-electron chi connectivity index (χ1n) is 10.7. The van der Waals surface area contributed by atoms with Gasteiger partial charge in [-0.25, -0.2) is 9.37 Å². The highest BCUT2D eigenvalue weighted by molar-refractivity contribution is 6.06. The second kappa shape index (κ2) is 10.2. The predicted octanol–water partition coefficient (Wildman–Crippen LogP) is 4.25. The first-order chi connectivity index (χ1) is 16.5. The number of alkyl halides is 1. The molecule has 0 spiro atoms. The molecule has 1 amide bonds. The Morgan fingerprint density at radius 2 is 2.03 bits per heavy atom. The van der Waals surface area contributed by atoms with Gasteiger partial charge in [0.2, 0.25) is 5.89 Å². The van der Waals surface area contributed by atoms with E-state index in [0.29, 0.717) is 37.5 Å². The number of hydrogen-bond acceptors (Lipinski definition) is 7. The van der Waals surface area contributed by atoms with Gasteiger partial charge in [-0.2, -0.15) is 5.10 Å². The van der Waals surface area contributed by atoms with Crippen LogP contribution in [0.5, 0.6) is 0 Å². The van der Waals surface area contributed by atoms with Gasteiger partial charge in [0.1, 0.15) is 12.4 Å². The summed E-state index contributed by atoms with van der Waals surface area (Å²) in [7, 11) is 1.85. The van der Waals surface area contributed by atoms with Crippen molar-refractivity contribution in [3.05, 3.63) is 54.3 Å². The third-order valence-corrected chi connectivity index (χ3v) is 5.63. The van der Waals surface area contributed by atoms with Crippen LogP contribution in [-0.2, 0) is 7.05 Å². The molecule has 4 heterocycles. The van der Waals surface area contributed by atoms with Gasteiger partial charge in [-0.05, 0) is 44.0 Å². The number of rotatable bonds is 4. The molecule has 34 heavy (non-hydrogen) atoms. The Kier molecular flexibility index (Phi) is 7.09. The molecule has 0 bridgehead atoms. The molecule has 5 rings (SSSR count). The maximum absolute atomic E-state index is 13.7. The van der Waals surface area contributed by atoms with Gasteiger partial charge in [0.25, 0.3) is 5.91 Å². The summed E-state index contributed by atoms with van der Waals surface area (Å²) in [4.78, 5) is 23.6. The van der Waals surface area contributed by atoms with Crippen LogP contribution in [-0.4, -0.2) is 49.6 Å². The molecule has 4 aromatic rings. The molecule has 178 valence electrons. The van der Waals surface area contributed by atoms with Crippen LogP contribution < -0.4 is 10.2 Å². The lowest BCUT2D eigenvalue weighted by Crippen LogP contribution is -2.35. The molecule has 11 heteroatoms. The number of pyridine rings is 1. The molecular formula is C23H24ClFN6O3. The SMILES string of the molecule is Cc1cc(-c2nc(C(=O)Nc3cc4cn(C)nc4cc3N3CCC(F)CC3)co2)ccn1.OCl. The summed E-state index contributed by atoms with van der Waals surface area (Å²) >= 11 is 3.64. The zero-order chi connectivity index (χ0) is 24.2. The molecule has 1 aliphatic heterocycles. The molecule has 1 aromatic carbocycles. The highest BCUT2D eigenvalue weighted by Gasteiger charge is 2.23. The summed E-state index contributed by atoms with van der Waals surface area (Å²) in [6.07, 6.45) is 5.05. The third-order valence-electron chi connectivity index (χ3n) is 5.63. The van der Waals surface area contributed by atoms with Crippen LogP contribution in [0.25, 0.3) is 22.4 Å². The number of hydrogen-bond donors (Lipinski definition) is 2. The lowest BCUT2D eigenvalue weighted by molar-refractivity contribution is 0.102. The number of benzene rings is 1. The van der Waals surface area contributed by atoms with Crippen molar-refractivity contribution in [2.45, 2.75) is 25.9 Å². The van der Waals surface area contributed by atoms with Gasteiger partial charge in [-0.15, -0.1) is 0 Å². The molecule has 0 saturated carbocycles. The van der Waals surface area contributed by atoms with Crippen molar-refractivity contribution < 1.29 is 18.3 Å². The minimum Gasteiger partial charge on any atom is -0.444 e. The summed E-state index contributed by atoms with van der Waals surface area (Å²) < 4.78 is 27.4. The third kappa shape index (κ3) is 5.02. The maximum atomic E-state index is 13.7. The number of aromatic nitrogens is 4. The Hall–Kier alpha value is -3.50. The molecule has 0 atom stereocenters. The van der Waals surface area contributed by atoms with E-state index in [1.807, 2.05) is 38.4 Å². The monoisotopic (exact) mass is 486 g/mol. The lowest BCUT2D eigenvalue weighted by Gasteiger charge is -2.32. The molecule has 0 radical (unpaired) electrons. The van der Waals surface area contributed by atoms with Crippen molar-refractivity contribution in [3.8, 4) is 11.5 Å². The van der Waals surface area contributed by atoms with Gasteiger partial charge in [-0.3, -0.25) is 19.1 Å². The average molecular weight is 487 g/mol. The lowest BCUT2D eigenvalue weighted by atomic mass is 10.1. The molecule has 1 saturated heterocycles. The molecule has 1 fully saturated rings. The standard InChI is InChI=1S/C23H23FN6O2.ClHO/c1-14-9-15(3-6-25-14)23-27-20(13-32-23)22(31)26-19-10-16-12-29(2)28-18(16)11-21(19)30-7-4-17(24)5-8-30;1-2/h3,6,9-13,17H,4-5,7-8H2,1-2H3,(H,26,31);2H. The summed E-state index contributed by atoms with van der Waals surface area (Å²) in [5, 5.41) is 8.35. The molecule has 2 N–H and O–H groups in total. The molecule has 1 aliphatic rings. The fraction of sp³-hybridized carbons (Fsp3) is 0.304. The number of anilines is 2. The van der Waals surface area contributed by atoms with E-state index >= 15 is 0 Å². The van der Waals surface area contributed by atoms with Crippen molar-refractivity contribution >= 4 is 40.1 Å². The molecular weight excluding hydrogens is 463 g/mol. The van der Waals surface area contributed by atoms with Gasteiger partial charge < -0.3 is 14.6 Å². The van der Waals surface area contributed by atoms with Crippen LogP contribution in [0, 0.1) is 6.92 Å². The van der Waals surface area contributed by atoms with Gasteiger partial charge in [0, 0.05) is 49.2 Å². The van der Waals surface area contributed by atoms with Gasteiger partial charge in [0.05, 0.1) is 28.8 Å². The zero-order valence-corrected chi connectivity index (χ0v) is 19.5. The molecule has 9 nitrogen and oxygen atoms in total. The van der Waals surface area contributed by atoms with E-state index in [1.54, 1.807) is 16.9 Å². The normalized spacial score (nSPS) is 14.1. The van der Waals surface area contributed by atoms with Crippen molar-refractivity contribution in [3.63, 3.8) is 0 Å². The Bertz CT molecular complexity index is 1300. The van der Waals surface area contributed by atoms with Crippen LogP contribution in [0.15, 0.2) is 47.3 Å². The number of nitrogens with zero attached hydrogens (tertiary/aromatic N) is 5. The first kappa shape index (κ1) is 23.7. The van der Waals surface area contributed by atoms with Crippen molar-refractivity contribution in [2.75, 3.05) is 23.3 Å². The van der Waals surface area contributed by atoms with Gasteiger partial charge in [-0.1, -0.05) is 0 Å². The molecule has 0 unspecified atom stereocenters. The number of amides is 1. The fourth-order valence-electron chi connectivity index (χ4n) is 4.01. The van der Waals surface area contributed by atoms with E-state index in [2.05, 4.69) is 37.1 Å². The number of carbonyl (C=O) groups excluding carboxylic acids is 1. The molecule has 0 aliphatic carbocycles. The van der Waals surface area contributed by atoms with E-state index in [1.165, 1.54) is 6.26 Å². The Morgan fingerprint density at radius 1 is 1.26 bits per heavy atom. The van der Waals surface area contributed by atoms with Gasteiger partial charge in [0.15, 0.2) is 5.69 Å². The minimum atomic E-state index is -0.784. The van der Waals surface area contributed by atoms with Crippen molar-refractivity contribution in [1.82, 2.24) is 19.7 Å². The minimum absolute atomic E-state index is 0.175. The van der Waals surface area contributed by atoms with Crippen LogP contribution in [0.2, 0.25) is 0 Å². The fourth-order valence-corrected chi connectivity index (χ4v) is 4.01. The molecule has 3 aromatic heterocycles. The zero-order valence-electron chi connectivity index (χ0n) is 18.7. The van der Waals surface area contributed by atoms with Crippen LogP contribution >= 0.6 is 11.9 Å².